The summed E-state index contributed by atoms with van der Waals surface area (Å²) in [7, 11) is 1.42. The van der Waals surface area contributed by atoms with E-state index in [1.807, 2.05) is 12.1 Å². The average molecular weight is 276 g/mol. The fraction of sp³-hybridized carbons (Fsp3) is 0.231. The van der Waals surface area contributed by atoms with Gasteiger partial charge in [-0.25, -0.2) is 4.98 Å². The molecular weight excluding hydrogens is 260 g/mol. The van der Waals surface area contributed by atoms with E-state index in [9.17, 15) is 4.79 Å². The van der Waals surface area contributed by atoms with Crippen LogP contribution >= 0.6 is 0 Å². The van der Waals surface area contributed by atoms with Crippen LogP contribution in [0.25, 0.3) is 0 Å². The third kappa shape index (κ3) is 3.27. The third-order valence-electron chi connectivity index (χ3n) is 2.52. The van der Waals surface area contributed by atoms with Crippen LogP contribution in [-0.4, -0.2) is 30.2 Å². The predicted molar refractivity (Wildman–Crippen MR) is 75.7 cm³/mol. The Morgan fingerprint density at radius 1 is 1.35 bits per heavy atom. The van der Waals surface area contributed by atoms with Crippen molar-refractivity contribution in [2.24, 2.45) is 5.73 Å². The van der Waals surface area contributed by atoms with E-state index in [0.717, 1.165) is 11.4 Å². The molecule has 106 valence electrons. The summed E-state index contributed by atoms with van der Waals surface area (Å²) >= 11 is 0. The molecule has 0 atom stereocenters. The minimum absolute atomic E-state index is 0.135. The van der Waals surface area contributed by atoms with Gasteiger partial charge >= 0.3 is 0 Å². The second-order valence-electron chi connectivity index (χ2n) is 3.90. The SMILES string of the molecule is COc1c(Nc2ccc(OCCN)cc2)nc[nH]c1=O. The lowest BCUT2D eigenvalue weighted by Crippen LogP contribution is -2.12. The topological polar surface area (TPSA) is 102 Å². The van der Waals surface area contributed by atoms with E-state index in [4.69, 9.17) is 15.2 Å². The van der Waals surface area contributed by atoms with Crippen LogP contribution in [0.3, 0.4) is 0 Å². The number of aromatic amines is 1. The van der Waals surface area contributed by atoms with Crippen molar-refractivity contribution in [3.8, 4) is 11.5 Å². The Labute approximate surface area is 115 Å². The van der Waals surface area contributed by atoms with E-state index in [1.165, 1.54) is 13.4 Å². The maximum absolute atomic E-state index is 11.5. The number of nitrogens with two attached hydrogens (primary N) is 1. The number of nitrogens with one attached hydrogen (secondary N) is 2. The number of aromatic nitrogens is 2. The Kier molecular flexibility index (Phi) is 4.56. The molecule has 0 fully saturated rings. The molecule has 4 N–H and O–H groups in total. The van der Waals surface area contributed by atoms with E-state index in [2.05, 4.69) is 15.3 Å². The van der Waals surface area contributed by atoms with Crippen LogP contribution in [0, 0.1) is 0 Å². The fourth-order valence-corrected chi connectivity index (χ4v) is 1.61. The van der Waals surface area contributed by atoms with Gasteiger partial charge in [0, 0.05) is 12.2 Å². The highest BCUT2D eigenvalue weighted by molar-refractivity contribution is 5.61. The van der Waals surface area contributed by atoms with Gasteiger partial charge in [-0.1, -0.05) is 0 Å². The van der Waals surface area contributed by atoms with Crippen LogP contribution in [0.15, 0.2) is 35.4 Å². The van der Waals surface area contributed by atoms with Gasteiger partial charge in [-0.2, -0.15) is 0 Å². The first-order valence-electron chi connectivity index (χ1n) is 6.06. The van der Waals surface area contributed by atoms with Crippen molar-refractivity contribution in [3.63, 3.8) is 0 Å². The van der Waals surface area contributed by atoms with Crippen molar-refractivity contribution in [1.29, 1.82) is 0 Å². The first-order valence-corrected chi connectivity index (χ1v) is 6.06. The molecule has 0 radical (unpaired) electrons. The van der Waals surface area contributed by atoms with E-state index < -0.39 is 0 Å². The monoisotopic (exact) mass is 276 g/mol. The molecule has 0 bridgehead atoms. The zero-order valence-corrected chi connectivity index (χ0v) is 11.1. The summed E-state index contributed by atoms with van der Waals surface area (Å²) in [5.74, 6) is 1.22. The highest BCUT2D eigenvalue weighted by Gasteiger charge is 2.08. The molecule has 0 aliphatic rings. The number of rotatable bonds is 6. The number of anilines is 2. The normalized spacial score (nSPS) is 10.1. The van der Waals surface area contributed by atoms with E-state index >= 15 is 0 Å². The molecule has 1 aromatic carbocycles. The van der Waals surface area contributed by atoms with Crippen LogP contribution < -0.4 is 26.1 Å². The molecule has 7 heteroatoms. The molecule has 0 unspecified atom stereocenters. The van der Waals surface area contributed by atoms with Crippen molar-refractivity contribution in [2.75, 3.05) is 25.6 Å². The maximum Gasteiger partial charge on any atom is 0.295 e. The van der Waals surface area contributed by atoms with Gasteiger partial charge < -0.3 is 25.5 Å². The molecule has 1 heterocycles. The van der Waals surface area contributed by atoms with Crippen LogP contribution in [0.4, 0.5) is 11.5 Å². The largest absolute Gasteiger partial charge is 0.492 e. The van der Waals surface area contributed by atoms with Gasteiger partial charge in [-0.05, 0) is 24.3 Å². The summed E-state index contributed by atoms with van der Waals surface area (Å²) in [6.07, 6.45) is 1.31. The molecule has 0 spiro atoms. The number of hydrogen-bond acceptors (Lipinski definition) is 6. The summed E-state index contributed by atoms with van der Waals surface area (Å²) in [5.41, 5.74) is 5.79. The molecule has 20 heavy (non-hydrogen) atoms. The second-order valence-corrected chi connectivity index (χ2v) is 3.90. The molecule has 0 aliphatic carbocycles. The molecule has 0 aliphatic heterocycles. The van der Waals surface area contributed by atoms with Crippen molar-refractivity contribution in [3.05, 3.63) is 40.9 Å². The third-order valence-corrected chi connectivity index (χ3v) is 2.52. The summed E-state index contributed by atoms with van der Waals surface area (Å²) in [4.78, 5) is 18.0. The van der Waals surface area contributed by atoms with Gasteiger partial charge in [0.1, 0.15) is 12.4 Å². The maximum atomic E-state index is 11.5. The van der Waals surface area contributed by atoms with Crippen molar-refractivity contribution < 1.29 is 9.47 Å². The van der Waals surface area contributed by atoms with E-state index in [0.29, 0.717) is 19.0 Å². The summed E-state index contributed by atoms with van der Waals surface area (Å²) < 4.78 is 10.4. The van der Waals surface area contributed by atoms with Crippen molar-refractivity contribution >= 4 is 11.5 Å². The first-order chi connectivity index (χ1) is 9.74. The number of ether oxygens (including phenoxy) is 2. The first kappa shape index (κ1) is 13.9. The van der Waals surface area contributed by atoms with Gasteiger partial charge in [0.25, 0.3) is 5.56 Å². The zero-order chi connectivity index (χ0) is 14.4. The number of hydrogen-bond donors (Lipinski definition) is 3. The quantitative estimate of drug-likeness (QED) is 0.723. The number of methoxy groups -OCH3 is 1. The van der Waals surface area contributed by atoms with E-state index in [1.54, 1.807) is 12.1 Å². The van der Waals surface area contributed by atoms with Crippen molar-refractivity contribution in [2.45, 2.75) is 0 Å². The van der Waals surface area contributed by atoms with E-state index in [-0.39, 0.29) is 11.3 Å². The molecule has 2 aromatic rings. The van der Waals surface area contributed by atoms with Crippen molar-refractivity contribution in [1.82, 2.24) is 9.97 Å². The Bertz CT molecular complexity index is 610. The molecule has 7 nitrogen and oxygen atoms in total. The summed E-state index contributed by atoms with van der Waals surface area (Å²) in [6.45, 7) is 0.935. The van der Waals surface area contributed by atoms with Crippen LogP contribution in [-0.2, 0) is 0 Å². The van der Waals surface area contributed by atoms with Gasteiger partial charge in [0.05, 0.1) is 13.4 Å². The van der Waals surface area contributed by atoms with Gasteiger partial charge in [0.15, 0.2) is 5.82 Å². The average Bonchev–Trinajstić information content (AvgIpc) is 2.47. The van der Waals surface area contributed by atoms with Gasteiger partial charge in [-0.15, -0.1) is 0 Å². The van der Waals surface area contributed by atoms with Crippen LogP contribution in [0.1, 0.15) is 0 Å². The number of benzene rings is 1. The zero-order valence-electron chi connectivity index (χ0n) is 11.1. The number of H-pyrrole nitrogens is 1. The highest BCUT2D eigenvalue weighted by Crippen LogP contribution is 2.22. The lowest BCUT2D eigenvalue weighted by atomic mass is 10.3. The second kappa shape index (κ2) is 6.58. The Morgan fingerprint density at radius 3 is 2.75 bits per heavy atom. The van der Waals surface area contributed by atoms with Gasteiger partial charge in [0.2, 0.25) is 5.75 Å². The molecule has 0 saturated carbocycles. The fourth-order valence-electron chi connectivity index (χ4n) is 1.61. The lowest BCUT2D eigenvalue weighted by Gasteiger charge is -2.09. The molecule has 1 aromatic heterocycles. The standard InChI is InChI=1S/C13H16N4O3/c1-19-11-12(15-8-16-13(11)18)17-9-2-4-10(5-3-9)20-7-6-14/h2-5,8H,6-7,14H2,1H3,(H2,15,16,17,18). The van der Waals surface area contributed by atoms with Crippen LogP contribution in [0.5, 0.6) is 11.5 Å². The molecule has 0 saturated heterocycles. The molecule has 2 rings (SSSR count). The molecular formula is C13H16N4O3. The predicted octanol–water partition coefficient (Wildman–Crippen LogP) is 0.860. The minimum Gasteiger partial charge on any atom is -0.492 e. The van der Waals surface area contributed by atoms with Gasteiger partial charge in [-0.3, -0.25) is 4.79 Å². The Morgan fingerprint density at radius 2 is 2.10 bits per heavy atom. The highest BCUT2D eigenvalue weighted by atomic mass is 16.5. The minimum atomic E-state index is -0.340. The molecule has 0 amide bonds. The Balaban J connectivity index is 2.14. The summed E-state index contributed by atoms with van der Waals surface area (Å²) in [5, 5.41) is 3.01. The number of nitrogens with zero attached hydrogens (tertiary/aromatic N) is 1. The Hall–Kier alpha value is -2.54. The lowest BCUT2D eigenvalue weighted by molar-refractivity contribution is 0.328. The van der Waals surface area contributed by atoms with Crippen LogP contribution in [0.2, 0.25) is 0 Å². The summed E-state index contributed by atoms with van der Waals surface area (Å²) in [6, 6.07) is 7.23. The smallest absolute Gasteiger partial charge is 0.295 e.